The quantitative estimate of drug-likeness (QED) is 0.542. The molecule has 3 aliphatic rings. The number of amides is 2. The lowest BCUT2D eigenvalue weighted by Gasteiger charge is -2.29. The van der Waals surface area contributed by atoms with Crippen LogP contribution in [0.15, 0.2) is 65.4 Å². The maximum absolute atomic E-state index is 13.9. The van der Waals surface area contributed by atoms with Crippen molar-refractivity contribution in [2.45, 2.75) is 45.1 Å². The van der Waals surface area contributed by atoms with Crippen molar-refractivity contribution in [1.29, 1.82) is 0 Å². The van der Waals surface area contributed by atoms with Crippen LogP contribution in [-0.4, -0.2) is 44.9 Å². The summed E-state index contributed by atoms with van der Waals surface area (Å²) < 4.78 is 1.42. The number of aliphatic imine (C=N–C) groups is 1. The van der Waals surface area contributed by atoms with Gasteiger partial charge in [0.25, 0.3) is 5.91 Å². The lowest BCUT2D eigenvalue weighted by Crippen LogP contribution is -2.49. The first-order valence-electron chi connectivity index (χ1n) is 12.7. The van der Waals surface area contributed by atoms with Crippen molar-refractivity contribution in [3.8, 4) is 0 Å². The molecule has 8 nitrogen and oxygen atoms in total. The maximum atomic E-state index is 13.9. The second-order valence-corrected chi connectivity index (χ2v) is 10.5. The second-order valence-electron chi connectivity index (χ2n) is 10.5. The molecule has 2 heterocycles. The van der Waals surface area contributed by atoms with Gasteiger partial charge in [0.1, 0.15) is 12.4 Å². The van der Waals surface area contributed by atoms with Gasteiger partial charge >= 0.3 is 0 Å². The zero-order valence-electron chi connectivity index (χ0n) is 21.3. The lowest BCUT2D eigenvalue weighted by molar-refractivity contribution is -0.118. The molecule has 188 valence electrons. The van der Waals surface area contributed by atoms with Crippen LogP contribution in [0, 0.1) is 5.41 Å². The number of aromatic nitrogens is 3. The number of anilines is 1. The van der Waals surface area contributed by atoms with E-state index in [1.807, 2.05) is 43.3 Å². The number of carbonyl (C=O) groups excluding carboxylic acids is 2. The van der Waals surface area contributed by atoms with Crippen molar-refractivity contribution in [2.75, 3.05) is 11.9 Å². The highest BCUT2D eigenvalue weighted by molar-refractivity contribution is 6.25. The molecule has 1 saturated carbocycles. The monoisotopic (exact) mass is 494 g/mol. The summed E-state index contributed by atoms with van der Waals surface area (Å²) in [6, 6.07) is 15.4. The van der Waals surface area contributed by atoms with Crippen molar-refractivity contribution in [2.24, 2.45) is 17.5 Å². The first-order chi connectivity index (χ1) is 17.9. The van der Waals surface area contributed by atoms with E-state index in [1.54, 1.807) is 7.05 Å². The minimum Gasteiger partial charge on any atom is -0.337 e. The third-order valence-electron chi connectivity index (χ3n) is 8.08. The van der Waals surface area contributed by atoms with Gasteiger partial charge in [0.05, 0.1) is 6.54 Å². The Labute approximate surface area is 215 Å². The molecule has 1 aliphatic heterocycles. The SMILES string of the molecule is CC1=NCC(C)=C1c1ccc(NC(=O)[C@@H](NC(=O)c2ncnn2C)C2c3ccccc3CC23CC3)cc1. The van der Waals surface area contributed by atoms with Gasteiger partial charge in [-0.25, -0.2) is 9.67 Å². The van der Waals surface area contributed by atoms with Gasteiger partial charge in [-0.2, -0.15) is 5.10 Å². The van der Waals surface area contributed by atoms with Crippen LogP contribution in [0.1, 0.15) is 59.9 Å². The number of nitrogens with zero attached hydrogens (tertiary/aromatic N) is 4. The van der Waals surface area contributed by atoms with Crippen molar-refractivity contribution >= 4 is 28.8 Å². The Bertz CT molecular complexity index is 1460. The molecule has 2 aromatic carbocycles. The van der Waals surface area contributed by atoms with E-state index in [0.717, 1.165) is 42.6 Å². The summed E-state index contributed by atoms with van der Waals surface area (Å²) >= 11 is 0. The number of hydrogen-bond donors (Lipinski definition) is 2. The van der Waals surface area contributed by atoms with Crippen LogP contribution in [0.2, 0.25) is 0 Å². The number of rotatable bonds is 6. The zero-order chi connectivity index (χ0) is 25.7. The average Bonchev–Trinajstić information content (AvgIpc) is 3.21. The Hall–Kier alpha value is -4.07. The fraction of sp³-hybridized carbons (Fsp3) is 0.345. The molecule has 6 rings (SSSR count). The number of hydrogen-bond acceptors (Lipinski definition) is 5. The van der Waals surface area contributed by atoms with E-state index < -0.39 is 11.9 Å². The van der Waals surface area contributed by atoms with E-state index >= 15 is 0 Å². The summed E-state index contributed by atoms with van der Waals surface area (Å²) in [6.45, 7) is 4.86. The topological polar surface area (TPSA) is 101 Å². The van der Waals surface area contributed by atoms with Crippen LogP contribution in [0.4, 0.5) is 5.69 Å². The van der Waals surface area contributed by atoms with Gasteiger partial charge < -0.3 is 10.6 Å². The molecule has 0 radical (unpaired) electrons. The molecular formula is C29H30N6O2. The normalized spacial score (nSPS) is 20.0. The number of allylic oxidation sites excluding steroid dienone is 1. The van der Waals surface area contributed by atoms with Gasteiger partial charge in [0.2, 0.25) is 11.7 Å². The number of aryl methyl sites for hydroxylation is 1. The van der Waals surface area contributed by atoms with Crippen LogP contribution < -0.4 is 10.6 Å². The van der Waals surface area contributed by atoms with Gasteiger partial charge in [0, 0.05) is 29.9 Å². The molecule has 2 N–H and O–H groups in total. The van der Waals surface area contributed by atoms with Crippen molar-refractivity contribution in [1.82, 2.24) is 20.1 Å². The summed E-state index contributed by atoms with van der Waals surface area (Å²) in [7, 11) is 1.67. The standard InChI is InChI=1S/C29H30N6O2/c1-17-15-30-18(2)23(17)19-8-10-21(11-9-19)33-27(36)25(34-28(37)26-31-16-32-35(26)3)24-22-7-5-4-6-20(22)14-29(24)12-13-29/h4-11,16,24-25H,12-15H2,1-3H3,(H,33,36)(H,34,37)/t24?,25-/m0/s1. The van der Waals surface area contributed by atoms with Crippen molar-refractivity contribution < 1.29 is 9.59 Å². The summed E-state index contributed by atoms with van der Waals surface area (Å²) in [5.74, 6) is -0.569. The fourth-order valence-electron chi connectivity index (χ4n) is 6.11. The van der Waals surface area contributed by atoms with Crippen LogP contribution in [0.25, 0.3) is 5.57 Å². The van der Waals surface area contributed by atoms with Gasteiger partial charge in [-0.05, 0) is 72.9 Å². The zero-order valence-corrected chi connectivity index (χ0v) is 21.3. The third-order valence-corrected chi connectivity index (χ3v) is 8.08. The van der Waals surface area contributed by atoms with Gasteiger partial charge in [-0.3, -0.25) is 14.6 Å². The predicted molar refractivity (Wildman–Crippen MR) is 142 cm³/mol. The molecule has 0 saturated heterocycles. The van der Waals surface area contributed by atoms with Crippen LogP contribution in [-0.2, 0) is 18.3 Å². The van der Waals surface area contributed by atoms with E-state index in [2.05, 4.69) is 44.8 Å². The molecule has 1 unspecified atom stereocenters. The predicted octanol–water partition coefficient (Wildman–Crippen LogP) is 3.92. The van der Waals surface area contributed by atoms with Crippen LogP contribution in [0.5, 0.6) is 0 Å². The summed E-state index contributed by atoms with van der Waals surface area (Å²) in [4.78, 5) is 35.7. The molecule has 0 bridgehead atoms. The van der Waals surface area contributed by atoms with Gasteiger partial charge in [-0.1, -0.05) is 36.4 Å². The lowest BCUT2D eigenvalue weighted by atomic mass is 9.82. The highest BCUT2D eigenvalue weighted by Gasteiger charge is 2.58. The molecule has 3 aromatic rings. The second kappa shape index (κ2) is 8.80. The minimum atomic E-state index is -0.746. The minimum absolute atomic E-state index is 0.00601. The van der Waals surface area contributed by atoms with Gasteiger partial charge in [-0.15, -0.1) is 0 Å². The number of carbonyl (C=O) groups is 2. The molecule has 1 fully saturated rings. The smallest absolute Gasteiger partial charge is 0.289 e. The van der Waals surface area contributed by atoms with E-state index in [4.69, 9.17) is 0 Å². The number of nitrogens with one attached hydrogen (secondary N) is 2. The van der Waals surface area contributed by atoms with E-state index in [0.29, 0.717) is 5.69 Å². The van der Waals surface area contributed by atoms with E-state index in [-0.39, 0.29) is 23.1 Å². The van der Waals surface area contributed by atoms with Crippen LogP contribution >= 0.6 is 0 Å². The third kappa shape index (κ3) is 4.06. The van der Waals surface area contributed by atoms with Crippen molar-refractivity contribution in [3.05, 3.63) is 82.9 Å². The van der Waals surface area contributed by atoms with E-state index in [9.17, 15) is 9.59 Å². The largest absolute Gasteiger partial charge is 0.337 e. The average molecular weight is 495 g/mol. The molecule has 2 aliphatic carbocycles. The fourth-order valence-corrected chi connectivity index (χ4v) is 6.11. The molecule has 37 heavy (non-hydrogen) atoms. The first-order valence-corrected chi connectivity index (χ1v) is 12.7. The Balaban J connectivity index is 1.30. The molecular weight excluding hydrogens is 464 g/mol. The molecule has 2 atom stereocenters. The number of fused-ring (bicyclic) bond motifs is 1. The highest BCUT2D eigenvalue weighted by atomic mass is 16.2. The van der Waals surface area contributed by atoms with Gasteiger partial charge in [0.15, 0.2) is 0 Å². The first kappa shape index (κ1) is 23.3. The van der Waals surface area contributed by atoms with E-state index in [1.165, 1.54) is 27.7 Å². The molecule has 1 spiro atoms. The summed E-state index contributed by atoms with van der Waals surface area (Å²) in [5, 5.41) is 10.1. The van der Waals surface area contributed by atoms with Crippen molar-refractivity contribution in [3.63, 3.8) is 0 Å². The number of benzene rings is 2. The van der Waals surface area contributed by atoms with Crippen LogP contribution in [0.3, 0.4) is 0 Å². The Morgan fingerprint density at radius 1 is 1.08 bits per heavy atom. The molecule has 8 heteroatoms. The summed E-state index contributed by atoms with van der Waals surface area (Å²) in [6.07, 6.45) is 4.36. The highest BCUT2D eigenvalue weighted by Crippen LogP contribution is 2.64. The maximum Gasteiger partial charge on any atom is 0.289 e. The Kier molecular flexibility index (Phi) is 5.55. The Morgan fingerprint density at radius 3 is 2.49 bits per heavy atom. The summed E-state index contributed by atoms with van der Waals surface area (Å²) in [5.41, 5.74) is 7.64. The molecule has 2 amide bonds. The Morgan fingerprint density at radius 2 is 1.84 bits per heavy atom. The molecule has 1 aromatic heterocycles.